The molecular formula is C29H43NO6SSi2. The van der Waals surface area contributed by atoms with Gasteiger partial charge in [0.25, 0.3) is 0 Å². The van der Waals surface area contributed by atoms with Crippen molar-refractivity contribution in [1.29, 1.82) is 0 Å². The Hall–Kier alpha value is -1.38. The second-order valence-corrected chi connectivity index (χ2v) is 26.0. The molecule has 7 nitrogen and oxygen atoms in total. The van der Waals surface area contributed by atoms with Crippen LogP contribution in [0.15, 0.2) is 41.3 Å². The van der Waals surface area contributed by atoms with E-state index in [2.05, 4.69) is 51.4 Å². The zero-order valence-electron chi connectivity index (χ0n) is 24.5. The van der Waals surface area contributed by atoms with E-state index >= 15 is 0 Å². The summed E-state index contributed by atoms with van der Waals surface area (Å²) in [6, 6.07) is 10.6. The van der Waals surface area contributed by atoms with Crippen LogP contribution in [-0.2, 0) is 26.0 Å². The number of aliphatic hydroxyl groups is 2. The van der Waals surface area contributed by atoms with Crippen molar-refractivity contribution in [2.75, 3.05) is 0 Å². The van der Waals surface area contributed by atoms with Crippen LogP contribution in [0.1, 0.15) is 36.5 Å². The van der Waals surface area contributed by atoms with Crippen molar-refractivity contribution in [2.45, 2.75) is 114 Å². The van der Waals surface area contributed by atoms with Gasteiger partial charge in [0.05, 0.1) is 33.2 Å². The zero-order valence-corrected chi connectivity index (χ0v) is 27.3. The van der Waals surface area contributed by atoms with E-state index in [1.165, 1.54) is 14.7 Å². The summed E-state index contributed by atoms with van der Waals surface area (Å²) in [5.41, 5.74) is 2.79. The third kappa shape index (κ3) is 4.90. The number of sulfonamides is 1. The van der Waals surface area contributed by atoms with Crippen molar-refractivity contribution in [3.05, 3.63) is 53.1 Å². The highest BCUT2D eigenvalue weighted by Crippen LogP contribution is 2.49. The number of benzene rings is 2. The molecular weight excluding hydrogens is 547 g/mol. The molecule has 3 aliphatic rings. The Labute approximate surface area is 235 Å². The van der Waals surface area contributed by atoms with Crippen molar-refractivity contribution < 1.29 is 28.1 Å². The van der Waals surface area contributed by atoms with Crippen molar-refractivity contribution in [3.63, 3.8) is 0 Å². The second kappa shape index (κ2) is 9.32. The molecule has 2 aliphatic heterocycles. The molecule has 0 spiro atoms. The molecule has 0 radical (unpaired) electrons. The first kappa shape index (κ1) is 29.1. The van der Waals surface area contributed by atoms with Crippen LogP contribution in [-0.4, -0.2) is 75.3 Å². The molecule has 0 unspecified atom stereocenters. The van der Waals surface area contributed by atoms with Crippen LogP contribution in [0.5, 0.6) is 0 Å². The van der Waals surface area contributed by atoms with Gasteiger partial charge in [0.15, 0.2) is 5.79 Å². The maximum atomic E-state index is 14.3. The highest BCUT2D eigenvalue weighted by molar-refractivity contribution is 7.89. The van der Waals surface area contributed by atoms with Gasteiger partial charge in [-0.25, -0.2) is 8.42 Å². The third-order valence-corrected chi connectivity index (χ3v) is 14.6. The Morgan fingerprint density at radius 1 is 0.872 bits per heavy atom. The fraction of sp³-hybridized carbons (Fsp3) is 0.586. The first-order chi connectivity index (χ1) is 17.8. The molecule has 5 rings (SSSR count). The van der Waals surface area contributed by atoms with Gasteiger partial charge in [-0.1, -0.05) is 79.5 Å². The van der Waals surface area contributed by atoms with Crippen LogP contribution in [0.25, 0.3) is 0 Å². The standard InChI is InChI=1S/C29H43NO6SSi2/c1-17-10-12-19(13-11-17)37(33,34)30-16-18-14-21(38(4,5)6)22(39(7,8)9)15-20(18)23-24(30)27-28(26(32)25(23)31)36-29(2,3)35-27/h10-15,23-28,31-32H,16H2,1-9H3/t23-,24-,25-,26+,27+,28-/m1/s1. The molecule has 2 aromatic rings. The second-order valence-electron chi connectivity index (χ2n) is 14.0. The summed E-state index contributed by atoms with van der Waals surface area (Å²) in [6.45, 7) is 19.6. The molecule has 2 aromatic carbocycles. The molecule has 2 heterocycles. The molecule has 0 amide bonds. The molecule has 2 fully saturated rings. The number of rotatable bonds is 4. The number of hydrogen-bond acceptors (Lipinski definition) is 6. The quantitative estimate of drug-likeness (QED) is 0.533. The lowest BCUT2D eigenvalue weighted by Crippen LogP contribution is -2.66. The van der Waals surface area contributed by atoms with Crippen LogP contribution in [0.2, 0.25) is 39.3 Å². The maximum absolute atomic E-state index is 14.3. The van der Waals surface area contributed by atoms with E-state index in [1.807, 2.05) is 6.92 Å². The van der Waals surface area contributed by atoms with Crippen LogP contribution < -0.4 is 10.4 Å². The number of nitrogens with zero attached hydrogens (tertiary/aromatic N) is 1. The number of ether oxygens (including phenoxy) is 2. The molecule has 0 aromatic heterocycles. The third-order valence-electron chi connectivity index (χ3n) is 8.46. The molecule has 1 saturated carbocycles. The van der Waals surface area contributed by atoms with Gasteiger partial charge in [0.1, 0.15) is 18.3 Å². The van der Waals surface area contributed by atoms with E-state index in [1.54, 1.807) is 38.1 Å². The van der Waals surface area contributed by atoms with E-state index in [4.69, 9.17) is 9.47 Å². The normalized spacial score (nSPS) is 30.9. The minimum absolute atomic E-state index is 0.173. The van der Waals surface area contributed by atoms with Crippen LogP contribution in [0, 0.1) is 6.92 Å². The van der Waals surface area contributed by atoms with Crippen LogP contribution >= 0.6 is 0 Å². The fourth-order valence-corrected chi connectivity index (χ4v) is 13.4. The molecule has 1 saturated heterocycles. The maximum Gasteiger partial charge on any atom is 0.243 e. The van der Waals surface area contributed by atoms with Gasteiger partial charge in [-0.3, -0.25) is 0 Å². The Kier molecular flexibility index (Phi) is 6.96. The number of aryl methyl sites for hydroxylation is 1. The molecule has 6 atom stereocenters. The topological polar surface area (TPSA) is 96.3 Å². The van der Waals surface area contributed by atoms with Gasteiger partial charge >= 0.3 is 0 Å². The smallest absolute Gasteiger partial charge is 0.243 e. The van der Waals surface area contributed by atoms with Gasteiger partial charge in [-0.2, -0.15) is 4.31 Å². The molecule has 10 heteroatoms. The molecule has 39 heavy (non-hydrogen) atoms. The molecule has 1 aliphatic carbocycles. The van der Waals surface area contributed by atoms with Gasteiger partial charge in [-0.15, -0.1) is 0 Å². The predicted octanol–water partition coefficient (Wildman–Crippen LogP) is 3.00. The SMILES string of the molecule is Cc1ccc(S(=O)(=O)N2Cc3cc([Si](C)(C)C)c([Si](C)(C)C)cc3[C@H]3[C@@H](O)[C@H](O)[C@H]4OC(C)(C)O[C@H]4[C@@H]32)cc1. The Morgan fingerprint density at radius 2 is 1.41 bits per heavy atom. The van der Waals surface area contributed by atoms with Gasteiger partial charge in [-0.05, 0) is 44.0 Å². The average molecular weight is 590 g/mol. The van der Waals surface area contributed by atoms with E-state index in [0.717, 1.165) is 16.7 Å². The largest absolute Gasteiger partial charge is 0.390 e. The summed E-state index contributed by atoms with van der Waals surface area (Å²) in [5.74, 6) is -1.68. The van der Waals surface area contributed by atoms with E-state index in [0.29, 0.717) is 0 Å². The van der Waals surface area contributed by atoms with Gasteiger partial charge in [0.2, 0.25) is 10.0 Å². The minimum Gasteiger partial charge on any atom is -0.390 e. The summed E-state index contributed by atoms with van der Waals surface area (Å²) in [6.07, 6.45) is -3.99. The van der Waals surface area contributed by atoms with Gasteiger partial charge in [0, 0.05) is 12.5 Å². The monoisotopic (exact) mass is 589 g/mol. The summed E-state index contributed by atoms with van der Waals surface area (Å²) in [7, 11) is -7.56. The lowest BCUT2D eigenvalue weighted by Gasteiger charge is -2.51. The lowest BCUT2D eigenvalue weighted by atomic mass is 9.70. The van der Waals surface area contributed by atoms with Crippen LogP contribution in [0.3, 0.4) is 0 Å². The predicted molar refractivity (Wildman–Crippen MR) is 159 cm³/mol. The average Bonchev–Trinajstić information content (AvgIpc) is 3.15. The van der Waals surface area contributed by atoms with Crippen molar-refractivity contribution in [1.82, 2.24) is 4.31 Å². The summed E-state index contributed by atoms with van der Waals surface area (Å²) in [4.78, 5) is 0.203. The highest BCUT2D eigenvalue weighted by Gasteiger charge is 2.62. The summed E-state index contributed by atoms with van der Waals surface area (Å²) < 4.78 is 42.5. The summed E-state index contributed by atoms with van der Waals surface area (Å²) in [5, 5.41) is 25.6. The van der Waals surface area contributed by atoms with Crippen molar-refractivity contribution in [2.24, 2.45) is 0 Å². The van der Waals surface area contributed by atoms with Crippen molar-refractivity contribution in [3.8, 4) is 0 Å². The Balaban J connectivity index is 1.76. The molecule has 0 bridgehead atoms. The molecule has 214 valence electrons. The van der Waals surface area contributed by atoms with Gasteiger partial charge < -0.3 is 19.7 Å². The zero-order chi connectivity index (χ0) is 28.9. The highest BCUT2D eigenvalue weighted by atomic mass is 32.2. The first-order valence-electron chi connectivity index (χ1n) is 13.8. The van der Waals surface area contributed by atoms with Crippen LogP contribution in [0.4, 0.5) is 0 Å². The number of aliphatic hydroxyl groups excluding tert-OH is 2. The number of fused-ring (bicyclic) bond motifs is 5. The minimum atomic E-state index is -3.97. The Morgan fingerprint density at radius 3 is 1.97 bits per heavy atom. The summed E-state index contributed by atoms with van der Waals surface area (Å²) >= 11 is 0. The number of hydrogen-bond donors (Lipinski definition) is 2. The van der Waals surface area contributed by atoms with E-state index in [9.17, 15) is 18.6 Å². The Bertz CT molecular complexity index is 1380. The first-order valence-corrected chi connectivity index (χ1v) is 22.2. The lowest BCUT2D eigenvalue weighted by molar-refractivity contribution is -0.159. The van der Waals surface area contributed by atoms with E-state index in [-0.39, 0.29) is 11.4 Å². The van der Waals surface area contributed by atoms with Crippen molar-refractivity contribution >= 4 is 36.5 Å². The van der Waals surface area contributed by atoms with E-state index < -0.39 is 68.3 Å². The molecule has 2 N–H and O–H groups in total. The fourth-order valence-electron chi connectivity index (χ4n) is 6.58.